The highest BCUT2D eigenvalue weighted by Gasteiger charge is 2.20. The standard InChI is InChI=1S/C19H22ClN3O3/c20-15-7-4-8-16(11-15)23-18(24)12-17(19(25)26)22-10-9-21-13-14-5-2-1-3-6-14/h1-8,11,17,21-22H,9-10,12-13H2,(H,23,24)(H,25,26)/t17-/m0/s1. The van der Waals surface area contributed by atoms with E-state index in [-0.39, 0.29) is 12.3 Å². The Morgan fingerprint density at radius 3 is 2.50 bits per heavy atom. The van der Waals surface area contributed by atoms with Crippen LogP contribution in [0.4, 0.5) is 5.69 Å². The molecule has 4 N–H and O–H groups in total. The maximum atomic E-state index is 12.0. The van der Waals surface area contributed by atoms with Crippen LogP contribution >= 0.6 is 11.6 Å². The van der Waals surface area contributed by atoms with E-state index in [2.05, 4.69) is 16.0 Å². The average molecular weight is 376 g/mol. The van der Waals surface area contributed by atoms with E-state index >= 15 is 0 Å². The Morgan fingerprint density at radius 2 is 1.81 bits per heavy atom. The Morgan fingerprint density at radius 1 is 1.04 bits per heavy atom. The summed E-state index contributed by atoms with van der Waals surface area (Å²) in [4.78, 5) is 23.4. The molecule has 0 aliphatic carbocycles. The predicted molar refractivity (Wildman–Crippen MR) is 102 cm³/mol. The zero-order valence-corrected chi connectivity index (χ0v) is 15.0. The number of carboxylic acids is 1. The number of nitrogens with one attached hydrogen (secondary N) is 3. The van der Waals surface area contributed by atoms with Crippen LogP contribution < -0.4 is 16.0 Å². The normalized spacial score (nSPS) is 11.7. The van der Waals surface area contributed by atoms with Crippen LogP contribution in [0.25, 0.3) is 0 Å². The lowest BCUT2D eigenvalue weighted by atomic mass is 10.2. The topological polar surface area (TPSA) is 90.5 Å². The van der Waals surface area contributed by atoms with Crippen molar-refractivity contribution in [3.05, 3.63) is 65.2 Å². The van der Waals surface area contributed by atoms with Crippen LogP contribution in [-0.2, 0) is 16.1 Å². The summed E-state index contributed by atoms with van der Waals surface area (Å²) in [6, 6.07) is 15.7. The highest BCUT2D eigenvalue weighted by molar-refractivity contribution is 6.30. The first-order chi connectivity index (χ1) is 12.5. The molecule has 26 heavy (non-hydrogen) atoms. The van der Waals surface area contributed by atoms with Gasteiger partial charge in [-0.2, -0.15) is 0 Å². The van der Waals surface area contributed by atoms with Gasteiger partial charge in [-0.3, -0.25) is 9.59 Å². The van der Waals surface area contributed by atoms with E-state index < -0.39 is 12.0 Å². The molecule has 6 nitrogen and oxygen atoms in total. The zero-order valence-electron chi connectivity index (χ0n) is 14.2. The summed E-state index contributed by atoms with van der Waals surface area (Å²) < 4.78 is 0. The molecule has 138 valence electrons. The van der Waals surface area contributed by atoms with Crippen molar-refractivity contribution in [2.45, 2.75) is 19.0 Å². The molecule has 0 aromatic heterocycles. The molecule has 0 unspecified atom stereocenters. The van der Waals surface area contributed by atoms with Gasteiger partial charge in [0, 0.05) is 30.3 Å². The van der Waals surface area contributed by atoms with Crippen molar-refractivity contribution in [2.75, 3.05) is 18.4 Å². The molecule has 2 aromatic carbocycles. The Bertz CT molecular complexity index is 725. The lowest BCUT2D eigenvalue weighted by Gasteiger charge is -2.15. The number of hydrogen-bond acceptors (Lipinski definition) is 4. The van der Waals surface area contributed by atoms with E-state index in [0.29, 0.717) is 30.3 Å². The zero-order chi connectivity index (χ0) is 18.8. The number of aliphatic carboxylic acids is 1. The van der Waals surface area contributed by atoms with Crippen molar-refractivity contribution in [3.8, 4) is 0 Å². The molecule has 0 saturated carbocycles. The summed E-state index contributed by atoms with van der Waals surface area (Å²) in [7, 11) is 0. The molecule has 0 fully saturated rings. The monoisotopic (exact) mass is 375 g/mol. The van der Waals surface area contributed by atoms with Crippen molar-refractivity contribution in [2.24, 2.45) is 0 Å². The van der Waals surface area contributed by atoms with Crippen molar-refractivity contribution < 1.29 is 14.7 Å². The van der Waals surface area contributed by atoms with E-state index in [1.54, 1.807) is 24.3 Å². The van der Waals surface area contributed by atoms with Crippen LogP contribution in [0.2, 0.25) is 5.02 Å². The van der Waals surface area contributed by atoms with Crippen LogP contribution in [0.3, 0.4) is 0 Å². The molecule has 0 aliphatic rings. The van der Waals surface area contributed by atoms with Crippen LogP contribution in [0.1, 0.15) is 12.0 Å². The van der Waals surface area contributed by atoms with Gasteiger partial charge in [0.15, 0.2) is 0 Å². The van der Waals surface area contributed by atoms with Crippen LogP contribution in [-0.4, -0.2) is 36.1 Å². The highest BCUT2D eigenvalue weighted by Crippen LogP contribution is 2.15. The second-order valence-electron chi connectivity index (χ2n) is 5.77. The first-order valence-corrected chi connectivity index (χ1v) is 8.68. The summed E-state index contributed by atoms with van der Waals surface area (Å²) in [6.07, 6.45) is -0.166. The maximum absolute atomic E-state index is 12.0. The minimum Gasteiger partial charge on any atom is -0.480 e. The van der Waals surface area contributed by atoms with Crippen molar-refractivity contribution >= 4 is 29.2 Å². The lowest BCUT2D eigenvalue weighted by Crippen LogP contribution is -2.42. The van der Waals surface area contributed by atoms with Gasteiger partial charge in [0.2, 0.25) is 5.91 Å². The van der Waals surface area contributed by atoms with E-state index in [0.717, 1.165) is 5.56 Å². The molecule has 0 bridgehead atoms. The van der Waals surface area contributed by atoms with Gasteiger partial charge in [0.1, 0.15) is 6.04 Å². The number of halogens is 1. The third kappa shape index (κ3) is 7.23. The van der Waals surface area contributed by atoms with Gasteiger partial charge in [-0.05, 0) is 23.8 Å². The number of anilines is 1. The van der Waals surface area contributed by atoms with Gasteiger partial charge >= 0.3 is 5.97 Å². The summed E-state index contributed by atoms with van der Waals surface area (Å²) in [5, 5.41) is 18.5. The molecule has 7 heteroatoms. The largest absolute Gasteiger partial charge is 0.480 e. The first-order valence-electron chi connectivity index (χ1n) is 8.31. The summed E-state index contributed by atoms with van der Waals surface area (Å²) in [5.41, 5.74) is 1.69. The first kappa shape index (κ1) is 19.9. The molecule has 1 amide bonds. The number of benzene rings is 2. The second kappa shape index (κ2) is 10.6. The van der Waals surface area contributed by atoms with Crippen molar-refractivity contribution in [1.82, 2.24) is 10.6 Å². The maximum Gasteiger partial charge on any atom is 0.321 e. The SMILES string of the molecule is O=C(C[C@H](NCCNCc1ccccc1)C(=O)O)Nc1cccc(Cl)c1. The number of amides is 1. The summed E-state index contributed by atoms with van der Waals surface area (Å²) in [5.74, 6) is -1.45. The molecule has 2 aromatic rings. The lowest BCUT2D eigenvalue weighted by molar-refractivity contribution is -0.141. The minimum atomic E-state index is -1.06. The second-order valence-corrected chi connectivity index (χ2v) is 6.21. The average Bonchev–Trinajstić information content (AvgIpc) is 2.61. The van der Waals surface area contributed by atoms with Gasteiger partial charge in [0.05, 0.1) is 6.42 Å². The van der Waals surface area contributed by atoms with Crippen LogP contribution in [0.15, 0.2) is 54.6 Å². The van der Waals surface area contributed by atoms with Crippen molar-refractivity contribution in [1.29, 1.82) is 0 Å². The number of carbonyl (C=O) groups is 2. The summed E-state index contributed by atoms with van der Waals surface area (Å²) in [6.45, 7) is 1.73. The van der Waals surface area contributed by atoms with E-state index in [4.69, 9.17) is 11.6 Å². The molecule has 2 rings (SSSR count). The highest BCUT2D eigenvalue weighted by atomic mass is 35.5. The predicted octanol–water partition coefficient (Wildman–Crippen LogP) is 2.50. The molecule has 0 heterocycles. The number of hydrogen-bond donors (Lipinski definition) is 4. The van der Waals surface area contributed by atoms with Gasteiger partial charge in [0.25, 0.3) is 0 Å². The number of carbonyl (C=O) groups excluding carboxylic acids is 1. The van der Waals surface area contributed by atoms with Gasteiger partial charge in [-0.15, -0.1) is 0 Å². The van der Waals surface area contributed by atoms with E-state index in [9.17, 15) is 14.7 Å². The van der Waals surface area contributed by atoms with Gasteiger partial charge in [-0.1, -0.05) is 48.0 Å². The van der Waals surface area contributed by atoms with E-state index in [1.807, 2.05) is 30.3 Å². The fraction of sp³-hybridized carbons (Fsp3) is 0.263. The fourth-order valence-corrected chi connectivity index (χ4v) is 2.56. The fourth-order valence-electron chi connectivity index (χ4n) is 2.37. The van der Waals surface area contributed by atoms with Gasteiger partial charge in [-0.25, -0.2) is 0 Å². The molecule has 0 radical (unpaired) electrons. The minimum absolute atomic E-state index is 0.166. The third-order valence-corrected chi connectivity index (χ3v) is 3.90. The Labute approximate surface area is 157 Å². The molecule has 1 atom stereocenters. The molecule has 0 aliphatic heterocycles. The number of carboxylic acid groups (broad SMARTS) is 1. The number of rotatable bonds is 10. The van der Waals surface area contributed by atoms with Crippen LogP contribution in [0.5, 0.6) is 0 Å². The third-order valence-electron chi connectivity index (χ3n) is 3.66. The Hall–Kier alpha value is -2.41. The van der Waals surface area contributed by atoms with Gasteiger partial charge < -0.3 is 21.1 Å². The Kier molecular flexibility index (Phi) is 8.08. The molecule has 0 saturated heterocycles. The summed E-state index contributed by atoms with van der Waals surface area (Å²) >= 11 is 5.86. The quantitative estimate of drug-likeness (QED) is 0.479. The molecular formula is C19H22ClN3O3. The molecular weight excluding hydrogens is 354 g/mol. The van der Waals surface area contributed by atoms with E-state index in [1.165, 1.54) is 0 Å². The van der Waals surface area contributed by atoms with Crippen LogP contribution in [0, 0.1) is 0 Å². The Balaban J connectivity index is 1.72. The smallest absolute Gasteiger partial charge is 0.321 e. The van der Waals surface area contributed by atoms with Crippen molar-refractivity contribution in [3.63, 3.8) is 0 Å². The molecule has 0 spiro atoms.